The minimum absolute atomic E-state index is 0.0449. The van der Waals surface area contributed by atoms with Crippen molar-refractivity contribution in [2.24, 2.45) is 0 Å². The summed E-state index contributed by atoms with van der Waals surface area (Å²) < 4.78 is 42.1. The summed E-state index contributed by atoms with van der Waals surface area (Å²) >= 11 is 7.47. The number of aryl methyl sites for hydroxylation is 1. The number of hydrogen-bond donors (Lipinski definition) is 0. The first-order valence-electron chi connectivity index (χ1n) is 10.1. The Balaban J connectivity index is 1.65. The number of carbonyl (C=O) groups excluding carboxylic acids is 1. The van der Waals surface area contributed by atoms with Crippen LogP contribution in [0.15, 0.2) is 30.9 Å². The van der Waals surface area contributed by atoms with E-state index in [0.29, 0.717) is 21.2 Å². The van der Waals surface area contributed by atoms with Gasteiger partial charge in [0.2, 0.25) is 0 Å². The molecule has 0 radical (unpaired) electrons. The fourth-order valence-corrected chi connectivity index (χ4v) is 4.78. The molecule has 0 aliphatic heterocycles. The van der Waals surface area contributed by atoms with Crippen LogP contribution in [-0.2, 0) is 17.6 Å². The highest BCUT2D eigenvalue weighted by atomic mass is 35.5. The topological polar surface area (TPSA) is 89.7 Å². The van der Waals surface area contributed by atoms with Gasteiger partial charge in [0.1, 0.15) is 22.2 Å². The van der Waals surface area contributed by atoms with Gasteiger partial charge in [0.05, 0.1) is 22.4 Å². The minimum Gasteiger partial charge on any atom is -0.299 e. The highest BCUT2D eigenvalue weighted by Crippen LogP contribution is 2.41. The predicted molar refractivity (Wildman–Crippen MR) is 121 cm³/mol. The number of rotatable bonds is 7. The Morgan fingerprint density at radius 2 is 1.88 bits per heavy atom. The molecule has 0 aliphatic rings. The Kier molecular flexibility index (Phi) is 6.65. The zero-order valence-corrected chi connectivity index (χ0v) is 19.9. The number of Topliss-reactive ketones (excluding diaryl/α,β-unsaturated/α-hetero) is 1. The summed E-state index contributed by atoms with van der Waals surface area (Å²) in [6.07, 6.45) is 0.884. The van der Waals surface area contributed by atoms with Crippen molar-refractivity contribution < 1.29 is 18.0 Å². The minimum atomic E-state index is -4.57. The zero-order chi connectivity index (χ0) is 24.6. The third kappa shape index (κ3) is 4.93. The van der Waals surface area contributed by atoms with Gasteiger partial charge in [-0.15, -0.1) is 4.80 Å². The van der Waals surface area contributed by atoms with Gasteiger partial charge >= 0.3 is 6.18 Å². The third-order valence-electron chi connectivity index (χ3n) is 5.03. The van der Waals surface area contributed by atoms with Crippen LogP contribution in [0.4, 0.5) is 13.2 Å². The zero-order valence-electron chi connectivity index (χ0n) is 18.3. The van der Waals surface area contributed by atoms with E-state index in [0.717, 1.165) is 4.90 Å². The maximum Gasteiger partial charge on any atom is 0.408 e. The Bertz CT molecular complexity index is 1340. The van der Waals surface area contributed by atoms with Crippen LogP contribution in [-0.4, -0.2) is 60.9 Å². The molecule has 1 unspecified atom stereocenters. The van der Waals surface area contributed by atoms with Crippen molar-refractivity contribution in [1.29, 1.82) is 0 Å². The number of halogens is 4. The number of aromatic nitrogens is 6. The molecule has 4 aromatic rings. The van der Waals surface area contributed by atoms with E-state index < -0.39 is 12.2 Å². The average molecular weight is 510 g/mol. The van der Waals surface area contributed by atoms with Crippen LogP contribution in [0.5, 0.6) is 0 Å². The largest absolute Gasteiger partial charge is 0.408 e. The first-order chi connectivity index (χ1) is 16.0. The number of hydrogen-bond acceptors (Lipinski definition) is 8. The second-order valence-corrected chi connectivity index (χ2v) is 9.44. The third-order valence-corrected chi connectivity index (χ3v) is 6.19. The maximum absolute atomic E-state index is 14.0. The number of ketones is 1. The summed E-state index contributed by atoms with van der Waals surface area (Å²) in [6, 6.07) is -0.366. The van der Waals surface area contributed by atoms with E-state index in [-0.39, 0.29) is 40.3 Å². The summed E-state index contributed by atoms with van der Waals surface area (Å²) in [4.78, 5) is 28.4. The lowest BCUT2D eigenvalue weighted by molar-refractivity contribution is -0.179. The van der Waals surface area contributed by atoms with Crippen LogP contribution >= 0.6 is 22.9 Å². The van der Waals surface area contributed by atoms with Crippen LogP contribution in [0.25, 0.3) is 16.2 Å². The molecular weight excluding hydrogens is 491 g/mol. The first kappa shape index (κ1) is 24.2. The van der Waals surface area contributed by atoms with E-state index in [1.807, 2.05) is 0 Å². The molecule has 0 aromatic carbocycles. The molecule has 0 aliphatic carbocycles. The molecular formula is C21H19ClF3N7OS. The normalized spacial score (nSPS) is 13.1. The van der Waals surface area contributed by atoms with Crippen LogP contribution in [0.1, 0.15) is 27.7 Å². The smallest absolute Gasteiger partial charge is 0.299 e. The van der Waals surface area contributed by atoms with Gasteiger partial charge in [-0.3, -0.25) is 9.69 Å². The second kappa shape index (κ2) is 9.35. The lowest BCUT2D eigenvalue weighted by atomic mass is 9.95. The van der Waals surface area contributed by atoms with Gasteiger partial charge in [-0.2, -0.15) is 23.4 Å². The molecule has 178 valence electrons. The molecule has 4 rings (SSSR count). The van der Waals surface area contributed by atoms with Crippen molar-refractivity contribution >= 4 is 39.1 Å². The molecule has 0 saturated carbocycles. The van der Waals surface area contributed by atoms with Crippen molar-refractivity contribution in [3.05, 3.63) is 57.6 Å². The maximum atomic E-state index is 14.0. The van der Waals surface area contributed by atoms with Gasteiger partial charge in [-0.1, -0.05) is 22.9 Å². The monoisotopic (exact) mass is 509 g/mol. The second-order valence-electron chi connectivity index (χ2n) is 7.85. The van der Waals surface area contributed by atoms with Gasteiger partial charge < -0.3 is 0 Å². The van der Waals surface area contributed by atoms with Gasteiger partial charge in [-0.25, -0.2) is 15.0 Å². The number of pyridine rings is 2. The van der Waals surface area contributed by atoms with Gasteiger partial charge in [0.15, 0.2) is 5.82 Å². The Morgan fingerprint density at radius 3 is 2.50 bits per heavy atom. The number of alkyl halides is 3. The molecule has 0 bridgehead atoms. The molecule has 0 spiro atoms. The average Bonchev–Trinajstić information content (AvgIpc) is 3.37. The highest BCUT2D eigenvalue weighted by Gasteiger charge is 2.45. The Labute approximate surface area is 201 Å². The quantitative estimate of drug-likeness (QED) is 0.370. The number of thiazole rings is 1. The van der Waals surface area contributed by atoms with Gasteiger partial charge in [-0.05, 0) is 38.2 Å². The number of nitrogens with zero attached hydrogens (tertiary/aromatic N) is 7. The summed E-state index contributed by atoms with van der Waals surface area (Å²) in [5.74, 6) is -0.00503. The molecule has 34 heavy (non-hydrogen) atoms. The fourth-order valence-electron chi connectivity index (χ4n) is 3.74. The highest BCUT2D eigenvalue weighted by molar-refractivity contribution is 7.18. The molecule has 0 N–H and O–H groups in total. The van der Waals surface area contributed by atoms with Gasteiger partial charge in [0, 0.05) is 30.8 Å². The van der Waals surface area contributed by atoms with Crippen molar-refractivity contribution in [3.8, 4) is 5.82 Å². The summed E-state index contributed by atoms with van der Waals surface area (Å²) in [6.45, 7) is 1.71. The van der Waals surface area contributed by atoms with Crippen molar-refractivity contribution in [2.75, 3.05) is 14.1 Å². The summed E-state index contributed by atoms with van der Waals surface area (Å²) in [5, 5.41) is 8.77. The number of fused-ring (bicyclic) bond motifs is 1. The lowest BCUT2D eigenvalue weighted by Crippen LogP contribution is -2.34. The SMILES string of the molecule is Cc1nc2c(C(N(C)C)C(F)(F)F)c(CC(=O)Cc3cnc(-n4nccn4)c(Cl)c3)cnc2s1. The van der Waals surface area contributed by atoms with Crippen LogP contribution in [0.3, 0.4) is 0 Å². The van der Waals surface area contributed by atoms with Crippen molar-refractivity contribution in [2.45, 2.75) is 32.0 Å². The van der Waals surface area contributed by atoms with E-state index in [4.69, 9.17) is 11.6 Å². The van der Waals surface area contributed by atoms with E-state index in [1.165, 1.54) is 55.0 Å². The van der Waals surface area contributed by atoms with E-state index in [1.54, 1.807) is 13.0 Å². The van der Waals surface area contributed by atoms with Crippen LogP contribution < -0.4 is 0 Å². The summed E-state index contributed by atoms with van der Waals surface area (Å²) in [7, 11) is 2.69. The van der Waals surface area contributed by atoms with E-state index in [9.17, 15) is 18.0 Å². The Morgan fingerprint density at radius 1 is 1.18 bits per heavy atom. The summed E-state index contributed by atoms with van der Waals surface area (Å²) in [5.41, 5.74) is 0.835. The fraction of sp³-hybridized carbons (Fsp3) is 0.333. The van der Waals surface area contributed by atoms with Crippen LogP contribution in [0, 0.1) is 6.92 Å². The molecule has 8 nitrogen and oxygen atoms in total. The van der Waals surface area contributed by atoms with E-state index >= 15 is 0 Å². The van der Waals surface area contributed by atoms with Crippen molar-refractivity contribution in [3.63, 3.8) is 0 Å². The first-order valence-corrected chi connectivity index (χ1v) is 11.2. The molecule has 0 saturated heterocycles. The molecule has 1 atom stereocenters. The Hall–Kier alpha value is -2.96. The van der Waals surface area contributed by atoms with Crippen LogP contribution in [0.2, 0.25) is 5.02 Å². The van der Waals surface area contributed by atoms with Gasteiger partial charge in [0.25, 0.3) is 0 Å². The molecule has 4 heterocycles. The molecule has 0 amide bonds. The molecule has 13 heteroatoms. The predicted octanol–water partition coefficient (Wildman–Crippen LogP) is 4.15. The van der Waals surface area contributed by atoms with Crippen molar-refractivity contribution in [1.82, 2.24) is 34.8 Å². The number of carbonyl (C=O) groups is 1. The standard InChI is InChI=1S/C21H19ClF3N7OS/c1-11-30-17-16(18(31(2)3)21(23,24)25)13(10-27-20(17)34-11)8-14(33)6-12-7-15(22)19(26-9-12)32-28-4-5-29-32/h4-5,7,9-10,18H,6,8H2,1-3H3. The molecule has 0 fully saturated rings. The molecule has 4 aromatic heterocycles. The van der Waals surface area contributed by atoms with E-state index in [2.05, 4.69) is 25.1 Å². The lowest BCUT2D eigenvalue weighted by Gasteiger charge is -2.28.